The highest BCUT2D eigenvalue weighted by atomic mass is 19.4. The Bertz CT molecular complexity index is 1160. The van der Waals surface area contributed by atoms with E-state index in [1.807, 2.05) is 4.90 Å². The lowest BCUT2D eigenvalue weighted by atomic mass is 9.85. The lowest BCUT2D eigenvalue weighted by Crippen LogP contribution is -2.43. The fourth-order valence-electron chi connectivity index (χ4n) is 3.92. The van der Waals surface area contributed by atoms with E-state index in [0.717, 1.165) is 12.4 Å². The van der Waals surface area contributed by atoms with Crippen LogP contribution in [-0.4, -0.2) is 55.4 Å². The lowest BCUT2D eigenvalue weighted by Gasteiger charge is -2.38. The Balaban J connectivity index is 1.70. The van der Waals surface area contributed by atoms with E-state index in [4.69, 9.17) is 11.1 Å². The van der Waals surface area contributed by atoms with Crippen LogP contribution in [0.3, 0.4) is 0 Å². The molecule has 0 radical (unpaired) electrons. The van der Waals surface area contributed by atoms with Crippen LogP contribution in [0.1, 0.15) is 12.1 Å². The molecule has 1 fully saturated rings. The van der Waals surface area contributed by atoms with Crippen molar-refractivity contribution in [3.8, 4) is 11.5 Å². The van der Waals surface area contributed by atoms with Gasteiger partial charge in [-0.3, -0.25) is 4.40 Å². The van der Waals surface area contributed by atoms with Crippen molar-refractivity contribution in [2.75, 3.05) is 24.6 Å². The van der Waals surface area contributed by atoms with E-state index < -0.39 is 11.9 Å². The van der Waals surface area contributed by atoms with Gasteiger partial charge in [-0.2, -0.15) is 13.2 Å². The molecule has 4 rings (SSSR count). The molecular weight excluding hydrogens is 425 g/mol. The summed E-state index contributed by atoms with van der Waals surface area (Å²) in [6.07, 6.45) is 3.54. The molecule has 4 N–H and O–H groups in total. The topological polar surface area (TPSA) is 129 Å². The molecule has 2 unspecified atom stereocenters. The van der Waals surface area contributed by atoms with Gasteiger partial charge in [0.25, 0.3) is 0 Å². The Kier molecular flexibility index (Phi) is 5.78. The van der Waals surface area contributed by atoms with Gasteiger partial charge < -0.3 is 21.1 Å². The minimum Gasteiger partial charge on any atom is -0.404 e. The van der Waals surface area contributed by atoms with Gasteiger partial charge in [0.15, 0.2) is 17.2 Å². The smallest absolute Gasteiger partial charge is 0.404 e. The molecule has 0 bridgehead atoms. The monoisotopic (exact) mass is 446 g/mol. The van der Waals surface area contributed by atoms with E-state index in [0.29, 0.717) is 36.6 Å². The number of nitrogens with zero attached hydrogens (tertiary/aromatic N) is 6. The van der Waals surface area contributed by atoms with E-state index in [2.05, 4.69) is 19.9 Å². The molecular formula is C20H21F3N8O. The first-order valence-electron chi connectivity index (χ1n) is 9.85. The molecule has 9 nitrogen and oxygen atoms in total. The standard InChI is InChI=1S/C20H21F3N8O/c21-20(22,23)16-10-31-15(6-28-18(31)7-27-16)19-26-2-1-17(29-19)30-8-12(11-32)3-13(9-30)14(4-24)5-25/h1-2,4-7,10,12-13,24,32H,3,8-9,11,25H2/b14-5+,24-4?. The SMILES string of the molecule is N=C/C(=C\N)C1CC(CO)CN(c2ccnc(-c3cnc4cnc(C(F)(F)F)cn34)n2)C1. The van der Waals surface area contributed by atoms with Crippen LogP contribution in [0.15, 0.2) is 42.6 Å². The van der Waals surface area contributed by atoms with Crippen molar-refractivity contribution in [2.24, 2.45) is 17.6 Å². The highest BCUT2D eigenvalue weighted by Gasteiger charge is 2.33. The van der Waals surface area contributed by atoms with E-state index in [9.17, 15) is 18.3 Å². The second-order valence-corrected chi connectivity index (χ2v) is 7.58. The average molecular weight is 446 g/mol. The number of hydrogen-bond acceptors (Lipinski definition) is 8. The number of fused-ring (bicyclic) bond motifs is 1. The summed E-state index contributed by atoms with van der Waals surface area (Å²) in [5, 5.41) is 17.3. The molecule has 0 saturated carbocycles. The molecule has 12 heteroatoms. The lowest BCUT2D eigenvalue weighted by molar-refractivity contribution is -0.141. The normalized spacial score (nSPS) is 20.0. The van der Waals surface area contributed by atoms with Crippen molar-refractivity contribution < 1.29 is 18.3 Å². The Morgan fingerprint density at radius 1 is 1.25 bits per heavy atom. The van der Waals surface area contributed by atoms with Crippen molar-refractivity contribution in [1.82, 2.24) is 24.3 Å². The number of anilines is 1. The highest BCUT2D eigenvalue weighted by Crippen LogP contribution is 2.31. The van der Waals surface area contributed by atoms with E-state index >= 15 is 0 Å². The van der Waals surface area contributed by atoms with Gasteiger partial charge in [0, 0.05) is 50.1 Å². The van der Waals surface area contributed by atoms with Crippen LogP contribution in [0.2, 0.25) is 0 Å². The number of rotatable bonds is 5. The van der Waals surface area contributed by atoms with Crippen LogP contribution in [0.4, 0.5) is 19.0 Å². The summed E-state index contributed by atoms with van der Waals surface area (Å²) in [4.78, 5) is 18.3. The number of piperidine rings is 1. The molecule has 1 saturated heterocycles. The van der Waals surface area contributed by atoms with Gasteiger partial charge in [0.2, 0.25) is 0 Å². The quantitative estimate of drug-likeness (QED) is 0.512. The van der Waals surface area contributed by atoms with Gasteiger partial charge in [-0.15, -0.1) is 0 Å². The number of imidazole rings is 1. The fourth-order valence-corrected chi connectivity index (χ4v) is 3.92. The summed E-state index contributed by atoms with van der Waals surface area (Å²) in [6.45, 7) is 1.04. The summed E-state index contributed by atoms with van der Waals surface area (Å²) in [6, 6.07) is 1.70. The maximum Gasteiger partial charge on any atom is 0.434 e. The van der Waals surface area contributed by atoms with Crippen molar-refractivity contribution in [3.05, 3.63) is 48.3 Å². The Morgan fingerprint density at radius 2 is 2.06 bits per heavy atom. The van der Waals surface area contributed by atoms with Crippen molar-refractivity contribution in [2.45, 2.75) is 12.6 Å². The zero-order chi connectivity index (χ0) is 22.9. The number of nitrogens with one attached hydrogen (secondary N) is 1. The number of halogens is 3. The largest absolute Gasteiger partial charge is 0.434 e. The number of hydrogen-bond donors (Lipinski definition) is 3. The molecule has 168 valence electrons. The van der Waals surface area contributed by atoms with E-state index in [-0.39, 0.29) is 29.9 Å². The average Bonchev–Trinajstić information content (AvgIpc) is 3.22. The molecule has 2 atom stereocenters. The van der Waals surface area contributed by atoms with Crippen LogP contribution < -0.4 is 10.6 Å². The molecule has 32 heavy (non-hydrogen) atoms. The Morgan fingerprint density at radius 3 is 2.75 bits per heavy atom. The number of aromatic nitrogens is 5. The molecule has 0 spiro atoms. The summed E-state index contributed by atoms with van der Waals surface area (Å²) in [5.41, 5.74) is 5.81. The first-order valence-corrected chi connectivity index (χ1v) is 9.85. The number of aliphatic hydroxyl groups excluding tert-OH is 1. The van der Waals surface area contributed by atoms with Gasteiger partial charge >= 0.3 is 6.18 Å². The maximum atomic E-state index is 13.1. The Hall–Kier alpha value is -3.54. The minimum absolute atomic E-state index is 0.0265. The Labute approximate surface area is 181 Å². The predicted octanol–water partition coefficient (Wildman–Crippen LogP) is 2.13. The van der Waals surface area contributed by atoms with Crippen LogP contribution in [0.25, 0.3) is 17.2 Å². The van der Waals surface area contributed by atoms with Crippen molar-refractivity contribution >= 4 is 17.7 Å². The third-order valence-corrected chi connectivity index (χ3v) is 5.51. The summed E-state index contributed by atoms with van der Waals surface area (Å²) in [5.74, 6) is 0.662. The maximum absolute atomic E-state index is 13.1. The summed E-state index contributed by atoms with van der Waals surface area (Å²) < 4.78 is 40.6. The molecule has 3 aromatic heterocycles. The fraction of sp³-hybridized carbons (Fsp3) is 0.350. The zero-order valence-corrected chi connectivity index (χ0v) is 16.9. The van der Waals surface area contributed by atoms with E-state index in [1.165, 1.54) is 29.2 Å². The highest BCUT2D eigenvalue weighted by molar-refractivity contribution is 5.76. The summed E-state index contributed by atoms with van der Waals surface area (Å²) in [7, 11) is 0. The van der Waals surface area contributed by atoms with Crippen LogP contribution in [0.5, 0.6) is 0 Å². The van der Waals surface area contributed by atoms with Gasteiger partial charge in [-0.1, -0.05) is 0 Å². The molecule has 0 amide bonds. The van der Waals surface area contributed by atoms with Crippen molar-refractivity contribution in [1.29, 1.82) is 5.41 Å². The molecule has 1 aliphatic heterocycles. The molecule has 0 aromatic carbocycles. The van der Waals surface area contributed by atoms with Gasteiger partial charge in [0.05, 0.1) is 12.4 Å². The second-order valence-electron chi connectivity index (χ2n) is 7.58. The summed E-state index contributed by atoms with van der Waals surface area (Å²) >= 11 is 0. The van der Waals surface area contributed by atoms with Crippen LogP contribution >= 0.6 is 0 Å². The second kappa shape index (κ2) is 8.54. The van der Waals surface area contributed by atoms with Crippen LogP contribution in [0, 0.1) is 17.2 Å². The van der Waals surface area contributed by atoms with Crippen molar-refractivity contribution in [3.63, 3.8) is 0 Å². The third kappa shape index (κ3) is 4.13. The predicted molar refractivity (Wildman–Crippen MR) is 111 cm³/mol. The number of alkyl halides is 3. The van der Waals surface area contributed by atoms with Gasteiger partial charge in [0.1, 0.15) is 11.5 Å². The molecule has 1 aliphatic rings. The molecule has 3 aromatic rings. The van der Waals surface area contributed by atoms with Gasteiger partial charge in [-0.25, -0.2) is 19.9 Å². The molecule has 0 aliphatic carbocycles. The van der Waals surface area contributed by atoms with Crippen LogP contribution in [-0.2, 0) is 6.18 Å². The van der Waals surface area contributed by atoms with E-state index in [1.54, 1.807) is 6.07 Å². The molecule has 4 heterocycles. The third-order valence-electron chi connectivity index (χ3n) is 5.51. The first-order chi connectivity index (χ1) is 15.3. The zero-order valence-electron chi connectivity index (χ0n) is 16.9. The minimum atomic E-state index is -4.59. The number of aliphatic hydroxyl groups is 1. The number of nitrogens with two attached hydrogens (primary N) is 1. The van der Waals surface area contributed by atoms with Gasteiger partial charge in [-0.05, 0) is 24.3 Å². The first kappa shape index (κ1) is 21.7.